The summed E-state index contributed by atoms with van der Waals surface area (Å²) in [5.41, 5.74) is 4.13. The molecule has 1 aliphatic heterocycles. The van der Waals surface area contributed by atoms with Crippen LogP contribution in [0.25, 0.3) is 0 Å². The smallest absolute Gasteiger partial charge is 0.258 e. The van der Waals surface area contributed by atoms with Gasteiger partial charge in [-0.05, 0) is 55.2 Å². The van der Waals surface area contributed by atoms with Crippen molar-refractivity contribution in [2.75, 3.05) is 32.2 Å². The number of piperidine rings is 1. The summed E-state index contributed by atoms with van der Waals surface area (Å²) >= 11 is 0. The van der Waals surface area contributed by atoms with E-state index in [9.17, 15) is 4.79 Å². The fourth-order valence-corrected chi connectivity index (χ4v) is 4.66. The lowest BCUT2D eigenvalue weighted by Crippen LogP contribution is -2.47. The molecule has 1 aliphatic rings. The number of carbonyl (C=O) groups excluding carboxylic acids is 1. The Balaban J connectivity index is 1.50. The fourth-order valence-electron chi connectivity index (χ4n) is 4.66. The predicted molar refractivity (Wildman–Crippen MR) is 137 cm³/mol. The topological polar surface area (TPSA) is 42.0 Å². The normalized spacial score (nSPS) is 14.6. The van der Waals surface area contributed by atoms with Gasteiger partial charge in [-0.25, -0.2) is 0 Å². The number of benzene rings is 3. The van der Waals surface area contributed by atoms with Crippen molar-refractivity contribution >= 4 is 11.6 Å². The van der Waals surface area contributed by atoms with E-state index in [4.69, 9.17) is 9.47 Å². The van der Waals surface area contributed by atoms with Gasteiger partial charge in [-0.15, -0.1) is 0 Å². The number of hydrogen-bond donors (Lipinski definition) is 0. The van der Waals surface area contributed by atoms with Crippen molar-refractivity contribution in [3.05, 3.63) is 89.5 Å². The molecule has 0 aromatic heterocycles. The van der Waals surface area contributed by atoms with E-state index in [1.54, 1.807) is 14.2 Å². The first-order valence-corrected chi connectivity index (χ1v) is 12.0. The zero-order valence-corrected chi connectivity index (χ0v) is 20.4. The van der Waals surface area contributed by atoms with Crippen LogP contribution in [0.5, 0.6) is 11.5 Å². The fraction of sp³-hybridized carbons (Fsp3) is 0.345. The third-order valence-electron chi connectivity index (χ3n) is 6.67. The number of aryl methyl sites for hydroxylation is 1. The molecule has 0 aliphatic carbocycles. The Morgan fingerprint density at radius 2 is 1.65 bits per heavy atom. The molecule has 5 nitrogen and oxygen atoms in total. The Morgan fingerprint density at radius 1 is 0.941 bits per heavy atom. The van der Waals surface area contributed by atoms with E-state index in [0.29, 0.717) is 0 Å². The van der Waals surface area contributed by atoms with Crippen molar-refractivity contribution in [3.8, 4) is 11.5 Å². The van der Waals surface area contributed by atoms with Crippen LogP contribution < -0.4 is 14.4 Å². The van der Waals surface area contributed by atoms with Gasteiger partial charge in [0.05, 0.1) is 14.2 Å². The van der Waals surface area contributed by atoms with Crippen LogP contribution in [0.3, 0.4) is 0 Å². The van der Waals surface area contributed by atoms with E-state index >= 15 is 0 Å². The summed E-state index contributed by atoms with van der Waals surface area (Å²) < 4.78 is 10.9. The van der Waals surface area contributed by atoms with Gasteiger partial charge in [0.1, 0.15) is 11.5 Å². The van der Waals surface area contributed by atoms with Crippen molar-refractivity contribution in [2.45, 2.75) is 38.8 Å². The molecule has 5 heteroatoms. The molecule has 1 heterocycles. The standard InChI is InChI=1S/C29H34N2O3/c1-4-22-10-13-25(14-11-22)31(29(32)23-8-6-5-7-9-23)26-16-18-30(19-17-26)21-24-12-15-27(33-2)20-28(24)34-3/h5-15,20,26H,4,16-19,21H2,1-3H3. The largest absolute Gasteiger partial charge is 0.497 e. The molecule has 0 saturated carbocycles. The van der Waals surface area contributed by atoms with Crippen LogP contribution in [0.4, 0.5) is 5.69 Å². The highest BCUT2D eigenvalue weighted by Crippen LogP contribution is 2.29. The van der Waals surface area contributed by atoms with Crippen LogP contribution in [0.15, 0.2) is 72.8 Å². The number of hydrogen-bond acceptors (Lipinski definition) is 4. The molecule has 1 amide bonds. The van der Waals surface area contributed by atoms with Gasteiger partial charge in [0.15, 0.2) is 0 Å². The molecule has 0 N–H and O–H groups in total. The molecule has 3 aromatic rings. The van der Waals surface area contributed by atoms with Crippen molar-refractivity contribution in [1.82, 2.24) is 4.90 Å². The molecular formula is C29H34N2O3. The first-order valence-electron chi connectivity index (χ1n) is 12.0. The molecule has 1 saturated heterocycles. The number of likely N-dealkylation sites (tertiary alicyclic amines) is 1. The molecule has 0 unspecified atom stereocenters. The number of ether oxygens (including phenoxy) is 2. The number of methoxy groups -OCH3 is 2. The maximum atomic E-state index is 13.6. The molecule has 1 fully saturated rings. The summed E-state index contributed by atoms with van der Waals surface area (Å²) in [6.45, 7) is 4.81. The summed E-state index contributed by atoms with van der Waals surface area (Å²) in [5.74, 6) is 1.71. The second-order valence-corrected chi connectivity index (χ2v) is 8.75. The molecule has 0 spiro atoms. The Labute approximate surface area is 202 Å². The van der Waals surface area contributed by atoms with Gasteiger partial charge in [-0.2, -0.15) is 0 Å². The maximum Gasteiger partial charge on any atom is 0.258 e. The minimum Gasteiger partial charge on any atom is -0.497 e. The number of amides is 1. The Hall–Kier alpha value is -3.31. The van der Waals surface area contributed by atoms with Crippen LogP contribution in [0.2, 0.25) is 0 Å². The lowest BCUT2D eigenvalue weighted by molar-refractivity contribution is 0.0958. The molecule has 0 radical (unpaired) electrons. The maximum absolute atomic E-state index is 13.6. The van der Waals surface area contributed by atoms with E-state index < -0.39 is 0 Å². The van der Waals surface area contributed by atoms with Crippen molar-refractivity contribution in [2.24, 2.45) is 0 Å². The predicted octanol–water partition coefficient (Wildman–Crippen LogP) is 5.58. The molecular weight excluding hydrogens is 424 g/mol. The van der Waals surface area contributed by atoms with Crippen molar-refractivity contribution in [1.29, 1.82) is 0 Å². The van der Waals surface area contributed by atoms with Crippen LogP contribution in [0.1, 0.15) is 41.3 Å². The summed E-state index contributed by atoms with van der Waals surface area (Å²) in [6, 6.07) is 24.2. The minimum atomic E-state index is 0.0696. The first-order chi connectivity index (χ1) is 16.6. The van der Waals surface area contributed by atoms with E-state index in [-0.39, 0.29) is 11.9 Å². The highest BCUT2D eigenvalue weighted by molar-refractivity contribution is 6.06. The number of rotatable bonds is 8. The van der Waals surface area contributed by atoms with Gasteiger partial charge >= 0.3 is 0 Å². The Bertz CT molecular complexity index is 1070. The molecule has 4 rings (SSSR count). The zero-order chi connectivity index (χ0) is 23.9. The van der Waals surface area contributed by atoms with E-state index in [1.165, 1.54) is 5.56 Å². The van der Waals surface area contributed by atoms with Gasteiger partial charge in [0.25, 0.3) is 5.91 Å². The van der Waals surface area contributed by atoms with Crippen LogP contribution in [-0.4, -0.2) is 44.2 Å². The third kappa shape index (κ3) is 5.42. The second-order valence-electron chi connectivity index (χ2n) is 8.75. The minimum absolute atomic E-state index is 0.0696. The van der Waals surface area contributed by atoms with Gasteiger partial charge in [0, 0.05) is 48.6 Å². The monoisotopic (exact) mass is 458 g/mol. The molecule has 0 atom stereocenters. The number of nitrogens with zero attached hydrogens (tertiary/aromatic N) is 2. The van der Waals surface area contributed by atoms with E-state index in [0.717, 1.165) is 67.2 Å². The third-order valence-corrected chi connectivity index (χ3v) is 6.67. The molecule has 0 bridgehead atoms. The number of carbonyl (C=O) groups is 1. The van der Waals surface area contributed by atoms with Crippen molar-refractivity contribution in [3.63, 3.8) is 0 Å². The van der Waals surface area contributed by atoms with Gasteiger partial charge < -0.3 is 14.4 Å². The van der Waals surface area contributed by atoms with Gasteiger partial charge in [-0.1, -0.05) is 43.3 Å². The molecule has 3 aromatic carbocycles. The number of anilines is 1. The average Bonchev–Trinajstić information content (AvgIpc) is 2.90. The van der Waals surface area contributed by atoms with Gasteiger partial charge in [-0.3, -0.25) is 9.69 Å². The highest BCUT2D eigenvalue weighted by Gasteiger charge is 2.30. The summed E-state index contributed by atoms with van der Waals surface area (Å²) in [6.07, 6.45) is 2.83. The van der Waals surface area contributed by atoms with Crippen LogP contribution in [-0.2, 0) is 13.0 Å². The molecule has 178 valence electrons. The highest BCUT2D eigenvalue weighted by atomic mass is 16.5. The first kappa shape index (κ1) is 23.8. The van der Waals surface area contributed by atoms with Crippen LogP contribution >= 0.6 is 0 Å². The van der Waals surface area contributed by atoms with E-state index in [2.05, 4.69) is 42.2 Å². The average molecular weight is 459 g/mol. The SMILES string of the molecule is CCc1ccc(N(C(=O)c2ccccc2)C2CCN(Cc3ccc(OC)cc3OC)CC2)cc1. The van der Waals surface area contributed by atoms with E-state index in [1.807, 2.05) is 47.4 Å². The van der Waals surface area contributed by atoms with Crippen LogP contribution in [0, 0.1) is 0 Å². The zero-order valence-electron chi connectivity index (χ0n) is 20.4. The van der Waals surface area contributed by atoms with Gasteiger partial charge in [0.2, 0.25) is 0 Å². The Kier molecular flexibility index (Phi) is 7.86. The summed E-state index contributed by atoms with van der Waals surface area (Å²) in [7, 11) is 3.36. The summed E-state index contributed by atoms with van der Waals surface area (Å²) in [5, 5.41) is 0. The lowest BCUT2D eigenvalue weighted by Gasteiger charge is -2.39. The quantitative estimate of drug-likeness (QED) is 0.442. The second kappa shape index (κ2) is 11.2. The lowest BCUT2D eigenvalue weighted by atomic mass is 9.99. The molecule has 34 heavy (non-hydrogen) atoms. The summed E-state index contributed by atoms with van der Waals surface area (Å²) in [4.78, 5) is 18.1. The van der Waals surface area contributed by atoms with Crippen molar-refractivity contribution < 1.29 is 14.3 Å². The Morgan fingerprint density at radius 3 is 2.26 bits per heavy atom.